The first-order valence-corrected chi connectivity index (χ1v) is 11.0. The number of nitrogens with one attached hydrogen (secondary N) is 1. The van der Waals surface area contributed by atoms with Gasteiger partial charge in [-0.25, -0.2) is 8.42 Å². The number of carbonyl (C=O) groups is 1. The van der Waals surface area contributed by atoms with E-state index in [0.717, 1.165) is 12.8 Å². The summed E-state index contributed by atoms with van der Waals surface area (Å²) >= 11 is 0. The summed E-state index contributed by atoms with van der Waals surface area (Å²) in [5.41, 5.74) is 0.293. The second-order valence-corrected chi connectivity index (χ2v) is 9.14. The molecule has 3 rings (SSSR count). The van der Waals surface area contributed by atoms with Crippen LogP contribution in [0.5, 0.6) is 5.75 Å². The molecule has 1 fully saturated rings. The van der Waals surface area contributed by atoms with Crippen molar-refractivity contribution in [1.82, 2.24) is 4.31 Å². The quantitative estimate of drug-likeness (QED) is 0.529. The molecule has 0 saturated carbocycles. The lowest BCUT2D eigenvalue weighted by Gasteiger charge is -2.29. The van der Waals surface area contributed by atoms with Gasteiger partial charge in [0, 0.05) is 24.8 Å². The summed E-state index contributed by atoms with van der Waals surface area (Å²) in [5, 5.41) is 13.4. The number of nitrogens with zero attached hydrogens (tertiary/aromatic N) is 2. The molecule has 0 aromatic heterocycles. The van der Waals surface area contributed by atoms with Crippen molar-refractivity contribution in [1.29, 1.82) is 0 Å². The van der Waals surface area contributed by atoms with Crippen LogP contribution in [0.2, 0.25) is 0 Å². The molecule has 0 atom stereocenters. The lowest BCUT2D eigenvalue weighted by atomic mass is 10.0. The summed E-state index contributed by atoms with van der Waals surface area (Å²) in [6, 6.07) is 11.5. The maximum absolute atomic E-state index is 12.7. The number of anilines is 1. The number of piperidine rings is 1. The Hall–Kier alpha value is -2.98. The molecule has 0 aliphatic carbocycles. The molecule has 1 aliphatic heterocycles. The third-order valence-electron chi connectivity index (χ3n) is 4.92. The van der Waals surface area contributed by atoms with Gasteiger partial charge in [0.25, 0.3) is 11.6 Å². The zero-order chi connectivity index (χ0) is 21.7. The van der Waals surface area contributed by atoms with Crippen molar-refractivity contribution in [2.24, 2.45) is 5.92 Å². The maximum atomic E-state index is 12.7. The number of non-ortho nitro benzene ring substituents is 1. The third kappa shape index (κ3) is 5.33. The van der Waals surface area contributed by atoms with E-state index in [-0.39, 0.29) is 22.9 Å². The van der Waals surface area contributed by atoms with Crippen LogP contribution in [0.3, 0.4) is 0 Å². The number of hydrogen-bond donors (Lipinski definition) is 1. The van der Waals surface area contributed by atoms with Gasteiger partial charge in [0.05, 0.1) is 15.9 Å². The van der Waals surface area contributed by atoms with E-state index in [4.69, 9.17) is 4.74 Å². The topological polar surface area (TPSA) is 119 Å². The molecule has 10 heteroatoms. The molecule has 30 heavy (non-hydrogen) atoms. The van der Waals surface area contributed by atoms with Crippen molar-refractivity contribution in [3.8, 4) is 5.75 Å². The smallest absolute Gasteiger partial charge is 0.273 e. The summed E-state index contributed by atoms with van der Waals surface area (Å²) in [5.74, 6) is 0.261. The fourth-order valence-corrected chi connectivity index (χ4v) is 4.59. The monoisotopic (exact) mass is 433 g/mol. The lowest BCUT2D eigenvalue weighted by Crippen LogP contribution is -2.37. The number of sulfonamides is 1. The van der Waals surface area contributed by atoms with Crippen LogP contribution >= 0.6 is 0 Å². The van der Waals surface area contributed by atoms with Crippen LogP contribution in [0.25, 0.3) is 0 Å². The Morgan fingerprint density at radius 1 is 1.20 bits per heavy atom. The highest BCUT2D eigenvalue weighted by molar-refractivity contribution is 7.89. The van der Waals surface area contributed by atoms with Gasteiger partial charge in [0.2, 0.25) is 10.0 Å². The highest BCUT2D eigenvalue weighted by Gasteiger charge is 2.27. The molecule has 1 N–H and O–H groups in total. The van der Waals surface area contributed by atoms with Crippen molar-refractivity contribution >= 4 is 27.3 Å². The van der Waals surface area contributed by atoms with E-state index >= 15 is 0 Å². The van der Waals surface area contributed by atoms with Crippen molar-refractivity contribution < 1.29 is 22.9 Å². The minimum Gasteiger partial charge on any atom is -0.484 e. The standard InChI is InChI=1S/C20H23N3O6S/c1-15-9-11-22(12-10-15)30(27,28)19-7-5-16(6-8-19)21-20(24)14-29-18-4-2-3-17(13-18)23(25)26/h2-8,13,15H,9-12,14H2,1H3,(H,21,24). The van der Waals surface area contributed by atoms with E-state index in [1.807, 2.05) is 0 Å². The molecule has 1 aliphatic rings. The third-order valence-corrected chi connectivity index (χ3v) is 6.83. The fourth-order valence-electron chi connectivity index (χ4n) is 3.12. The second-order valence-electron chi connectivity index (χ2n) is 7.20. The number of benzene rings is 2. The largest absolute Gasteiger partial charge is 0.484 e. The van der Waals surface area contributed by atoms with Gasteiger partial charge in [-0.1, -0.05) is 13.0 Å². The first kappa shape index (κ1) is 21.7. The van der Waals surface area contributed by atoms with Gasteiger partial charge in [-0.15, -0.1) is 0 Å². The van der Waals surface area contributed by atoms with Crippen molar-refractivity contribution in [3.05, 3.63) is 58.6 Å². The van der Waals surface area contributed by atoms with Crippen LogP contribution in [0, 0.1) is 16.0 Å². The van der Waals surface area contributed by atoms with Crippen LogP contribution in [-0.2, 0) is 14.8 Å². The summed E-state index contributed by atoms with van der Waals surface area (Å²) < 4.78 is 32.2. The molecule has 0 radical (unpaired) electrons. The number of ether oxygens (including phenoxy) is 1. The van der Waals surface area contributed by atoms with Gasteiger partial charge in [0.15, 0.2) is 6.61 Å². The Bertz CT molecular complexity index is 1020. The fraction of sp³-hybridized carbons (Fsp3) is 0.350. The van der Waals surface area contributed by atoms with Crippen molar-refractivity contribution in [2.75, 3.05) is 25.0 Å². The molecule has 160 valence electrons. The van der Waals surface area contributed by atoms with Crippen LogP contribution in [0.1, 0.15) is 19.8 Å². The Labute approximate surface area is 174 Å². The first-order valence-electron chi connectivity index (χ1n) is 9.53. The van der Waals surface area contributed by atoms with Crippen LogP contribution in [0.15, 0.2) is 53.4 Å². The predicted molar refractivity (Wildman–Crippen MR) is 111 cm³/mol. The SMILES string of the molecule is CC1CCN(S(=O)(=O)c2ccc(NC(=O)COc3cccc([N+](=O)[O-])c3)cc2)CC1. The second kappa shape index (κ2) is 9.23. The summed E-state index contributed by atoms with van der Waals surface area (Å²) in [4.78, 5) is 22.5. The zero-order valence-corrected chi connectivity index (χ0v) is 17.3. The number of rotatable bonds is 7. The van der Waals surface area contributed by atoms with Gasteiger partial charge in [-0.3, -0.25) is 14.9 Å². The number of hydrogen-bond acceptors (Lipinski definition) is 6. The minimum absolute atomic E-state index is 0.132. The van der Waals surface area contributed by atoms with Gasteiger partial charge in [0.1, 0.15) is 5.75 Å². The summed E-state index contributed by atoms with van der Waals surface area (Å²) in [6.07, 6.45) is 1.69. The van der Waals surface area contributed by atoms with E-state index in [2.05, 4.69) is 12.2 Å². The average molecular weight is 433 g/mol. The molecule has 1 saturated heterocycles. The number of carbonyl (C=O) groups excluding carboxylic acids is 1. The van der Waals surface area contributed by atoms with Gasteiger partial charge < -0.3 is 10.1 Å². The molecule has 0 unspecified atom stereocenters. The normalized spacial score (nSPS) is 15.5. The number of amides is 1. The van der Waals surface area contributed by atoms with Gasteiger partial charge >= 0.3 is 0 Å². The molecule has 0 spiro atoms. The number of nitro benzene ring substituents is 1. The van der Waals surface area contributed by atoms with E-state index < -0.39 is 20.9 Å². The first-order chi connectivity index (χ1) is 14.3. The summed E-state index contributed by atoms with van der Waals surface area (Å²) in [6.45, 7) is 2.80. The minimum atomic E-state index is -3.55. The average Bonchev–Trinajstić information content (AvgIpc) is 2.73. The van der Waals surface area contributed by atoms with Crippen LogP contribution in [0.4, 0.5) is 11.4 Å². The Balaban J connectivity index is 1.57. The van der Waals surface area contributed by atoms with Gasteiger partial charge in [-0.2, -0.15) is 4.31 Å². The van der Waals surface area contributed by atoms with Crippen LogP contribution in [-0.4, -0.2) is 43.2 Å². The van der Waals surface area contributed by atoms with E-state index in [1.165, 1.54) is 52.8 Å². The molecule has 9 nitrogen and oxygen atoms in total. The Morgan fingerprint density at radius 2 is 1.87 bits per heavy atom. The van der Waals surface area contributed by atoms with Crippen molar-refractivity contribution in [2.45, 2.75) is 24.7 Å². The van der Waals surface area contributed by atoms with Crippen molar-refractivity contribution in [3.63, 3.8) is 0 Å². The maximum Gasteiger partial charge on any atom is 0.273 e. The van der Waals surface area contributed by atoms with E-state index in [1.54, 1.807) is 0 Å². The highest BCUT2D eigenvalue weighted by atomic mass is 32.2. The molecule has 1 amide bonds. The highest BCUT2D eigenvalue weighted by Crippen LogP contribution is 2.24. The molecule has 2 aromatic rings. The zero-order valence-electron chi connectivity index (χ0n) is 16.5. The molecule has 0 bridgehead atoms. The molecule has 2 aromatic carbocycles. The lowest BCUT2D eigenvalue weighted by molar-refractivity contribution is -0.384. The van der Waals surface area contributed by atoms with Crippen LogP contribution < -0.4 is 10.1 Å². The Morgan fingerprint density at radius 3 is 2.50 bits per heavy atom. The summed E-state index contributed by atoms with van der Waals surface area (Å²) in [7, 11) is -3.55. The van der Waals surface area contributed by atoms with E-state index in [9.17, 15) is 23.3 Å². The molecular formula is C20H23N3O6S. The molecule has 1 heterocycles. The molecular weight excluding hydrogens is 410 g/mol. The van der Waals surface area contributed by atoms with E-state index in [0.29, 0.717) is 24.7 Å². The predicted octanol–water partition coefficient (Wildman–Crippen LogP) is 3.03. The van der Waals surface area contributed by atoms with Gasteiger partial charge in [-0.05, 0) is 49.1 Å². The Kier molecular flexibility index (Phi) is 6.68. The number of nitro groups is 1.